The molecule has 4 unspecified atom stereocenters. The maximum atomic E-state index is 13.2. The van der Waals surface area contributed by atoms with Gasteiger partial charge >= 0.3 is 0 Å². The Bertz CT molecular complexity index is 887. The summed E-state index contributed by atoms with van der Waals surface area (Å²) in [5, 5.41) is -2.14. The molecule has 0 aliphatic carbocycles. The second-order valence-electron chi connectivity index (χ2n) is 6.44. The molecule has 0 saturated carbocycles. The number of hydrogen-bond donors (Lipinski definition) is 0. The van der Waals surface area contributed by atoms with Crippen LogP contribution in [0.2, 0.25) is 0 Å². The molecule has 4 atom stereocenters. The predicted octanol–water partition coefficient (Wildman–Crippen LogP) is 2.23. The molecule has 2 bridgehead atoms. The summed E-state index contributed by atoms with van der Waals surface area (Å²) in [5.74, 6) is 0. The maximum absolute atomic E-state index is 13.2. The van der Waals surface area contributed by atoms with E-state index in [2.05, 4.69) is 0 Å². The topological polar surface area (TPSA) is 77.5 Å². The lowest BCUT2D eigenvalue weighted by Gasteiger charge is -2.27. The quantitative estimate of drug-likeness (QED) is 0.815. The molecule has 2 heterocycles. The zero-order valence-electron chi connectivity index (χ0n) is 13.4. The van der Waals surface area contributed by atoms with Crippen LogP contribution in [0.3, 0.4) is 0 Å². The van der Waals surface area contributed by atoms with Crippen LogP contribution in [0.4, 0.5) is 0 Å². The molecule has 2 aliphatic rings. The Morgan fingerprint density at radius 2 is 1.00 bits per heavy atom. The van der Waals surface area contributed by atoms with Crippen LogP contribution in [0.1, 0.15) is 12.8 Å². The van der Waals surface area contributed by atoms with Crippen LogP contribution in [-0.2, 0) is 24.4 Å². The molecule has 0 amide bonds. The van der Waals surface area contributed by atoms with Crippen molar-refractivity contribution < 1.29 is 21.6 Å². The summed E-state index contributed by atoms with van der Waals surface area (Å²) in [6.07, 6.45) is 0.00196. The van der Waals surface area contributed by atoms with E-state index < -0.39 is 42.4 Å². The Morgan fingerprint density at radius 1 is 0.640 bits per heavy atom. The molecule has 2 aromatic rings. The molecule has 4 rings (SSSR count). The Balaban J connectivity index is 1.82. The van der Waals surface area contributed by atoms with E-state index in [-0.39, 0.29) is 9.79 Å². The summed E-state index contributed by atoms with van der Waals surface area (Å²) in [6.45, 7) is 0. The van der Waals surface area contributed by atoms with Crippen molar-refractivity contribution in [2.75, 3.05) is 0 Å². The van der Waals surface area contributed by atoms with E-state index in [0.717, 1.165) is 0 Å². The van der Waals surface area contributed by atoms with Crippen molar-refractivity contribution in [2.24, 2.45) is 0 Å². The van der Waals surface area contributed by atoms with Gasteiger partial charge in [-0.15, -0.1) is 0 Å². The number of sulfone groups is 2. The molecule has 0 radical (unpaired) electrons. The van der Waals surface area contributed by atoms with Crippen LogP contribution in [0.5, 0.6) is 0 Å². The summed E-state index contributed by atoms with van der Waals surface area (Å²) < 4.78 is 58.4. The lowest BCUT2D eigenvalue weighted by molar-refractivity contribution is 0.106. The molecular weight excluding hydrogens is 360 g/mol. The van der Waals surface area contributed by atoms with Crippen LogP contribution in [-0.4, -0.2) is 39.5 Å². The number of benzene rings is 2. The molecule has 25 heavy (non-hydrogen) atoms. The van der Waals surface area contributed by atoms with Crippen LogP contribution >= 0.6 is 0 Å². The van der Waals surface area contributed by atoms with Crippen molar-refractivity contribution in [3.05, 3.63) is 60.7 Å². The van der Waals surface area contributed by atoms with Crippen LogP contribution in [0.25, 0.3) is 0 Å². The molecule has 0 aromatic heterocycles. The van der Waals surface area contributed by atoms with Gasteiger partial charge in [-0.3, -0.25) is 0 Å². The highest BCUT2D eigenvalue weighted by Crippen LogP contribution is 2.45. The number of fused-ring (bicyclic) bond motifs is 2. The van der Waals surface area contributed by atoms with Gasteiger partial charge in [-0.25, -0.2) is 16.8 Å². The van der Waals surface area contributed by atoms with Gasteiger partial charge in [0.05, 0.1) is 22.0 Å². The lowest BCUT2D eigenvalue weighted by atomic mass is 10.00. The van der Waals surface area contributed by atoms with Crippen molar-refractivity contribution in [1.29, 1.82) is 0 Å². The Hall–Kier alpha value is -1.70. The maximum Gasteiger partial charge on any atom is 0.185 e. The monoisotopic (exact) mass is 378 g/mol. The van der Waals surface area contributed by atoms with Crippen LogP contribution in [0.15, 0.2) is 70.5 Å². The molecule has 5 nitrogen and oxygen atoms in total. The van der Waals surface area contributed by atoms with Crippen molar-refractivity contribution in [3.63, 3.8) is 0 Å². The van der Waals surface area contributed by atoms with Gasteiger partial charge in [0.25, 0.3) is 0 Å². The Labute approximate surface area is 147 Å². The van der Waals surface area contributed by atoms with Gasteiger partial charge in [0, 0.05) is 0 Å². The Kier molecular flexibility index (Phi) is 3.97. The largest absolute Gasteiger partial charge is 0.372 e. The standard InChI is InChI=1S/C18H18O5S2/c19-24(20,13-7-3-1-4-8-13)17-15-11-12-16(23-15)18(17)25(21,22)14-9-5-2-6-10-14/h1-10,15-18H,11-12H2. The van der Waals surface area contributed by atoms with Gasteiger partial charge in [0.1, 0.15) is 10.5 Å². The van der Waals surface area contributed by atoms with Crippen LogP contribution in [0, 0.1) is 0 Å². The third-order valence-electron chi connectivity index (χ3n) is 5.00. The highest BCUT2D eigenvalue weighted by atomic mass is 32.2. The van der Waals surface area contributed by atoms with E-state index in [1.807, 2.05) is 0 Å². The molecule has 7 heteroatoms. The van der Waals surface area contributed by atoms with Crippen molar-refractivity contribution >= 4 is 19.7 Å². The highest BCUT2D eigenvalue weighted by molar-refractivity contribution is 7.96. The van der Waals surface area contributed by atoms with E-state index >= 15 is 0 Å². The first-order valence-corrected chi connectivity index (χ1v) is 11.2. The highest BCUT2D eigenvalue weighted by Gasteiger charge is 2.60. The first-order chi connectivity index (χ1) is 11.9. The van der Waals surface area contributed by atoms with Gasteiger partial charge < -0.3 is 4.74 Å². The van der Waals surface area contributed by atoms with E-state index in [4.69, 9.17) is 4.74 Å². The smallest absolute Gasteiger partial charge is 0.185 e. The first-order valence-electron chi connectivity index (χ1n) is 8.16. The number of rotatable bonds is 4. The third-order valence-corrected chi connectivity index (χ3v) is 9.66. The fraction of sp³-hybridized carbons (Fsp3) is 0.333. The van der Waals surface area contributed by atoms with E-state index in [9.17, 15) is 16.8 Å². The molecule has 0 spiro atoms. The molecule has 0 N–H and O–H groups in total. The minimum Gasteiger partial charge on any atom is -0.372 e. The van der Waals surface area contributed by atoms with Crippen molar-refractivity contribution in [3.8, 4) is 0 Å². The molecule has 2 saturated heterocycles. The normalized spacial score (nSPS) is 29.0. The summed E-state index contributed by atoms with van der Waals surface area (Å²) in [6, 6.07) is 16.1. The van der Waals surface area contributed by atoms with Crippen molar-refractivity contribution in [2.45, 2.75) is 45.3 Å². The second kappa shape index (κ2) is 5.93. The molecule has 2 aliphatic heterocycles. The molecule has 2 aromatic carbocycles. The average molecular weight is 378 g/mol. The van der Waals surface area contributed by atoms with E-state index in [1.165, 1.54) is 24.3 Å². The van der Waals surface area contributed by atoms with Gasteiger partial charge in [0.15, 0.2) is 19.7 Å². The van der Waals surface area contributed by atoms with Crippen LogP contribution < -0.4 is 0 Å². The first kappa shape index (κ1) is 16.8. The summed E-state index contributed by atoms with van der Waals surface area (Å²) in [5.41, 5.74) is 0. The molecule has 132 valence electrons. The zero-order valence-corrected chi connectivity index (χ0v) is 15.0. The Morgan fingerprint density at radius 3 is 1.36 bits per heavy atom. The summed E-state index contributed by atoms with van der Waals surface area (Å²) in [4.78, 5) is 0.286. The third kappa shape index (κ3) is 2.61. The average Bonchev–Trinajstić information content (AvgIpc) is 3.25. The van der Waals surface area contributed by atoms with Crippen molar-refractivity contribution in [1.82, 2.24) is 0 Å². The molecule has 2 fully saturated rings. The van der Waals surface area contributed by atoms with E-state index in [0.29, 0.717) is 12.8 Å². The van der Waals surface area contributed by atoms with Gasteiger partial charge in [-0.05, 0) is 37.1 Å². The summed E-state index contributed by atoms with van der Waals surface area (Å²) >= 11 is 0. The van der Waals surface area contributed by atoms with Gasteiger partial charge in [-0.1, -0.05) is 36.4 Å². The summed E-state index contributed by atoms with van der Waals surface area (Å²) in [7, 11) is -7.63. The number of hydrogen-bond acceptors (Lipinski definition) is 5. The van der Waals surface area contributed by atoms with Gasteiger partial charge in [0.2, 0.25) is 0 Å². The fourth-order valence-corrected chi connectivity index (χ4v) is 8.72. The molecular formula is C18H18O5S2. The minimum atomic E-state index is -3.81. The lowest BCUT2D eigenvalue weighted by Crippen LogP contribution is -2.47. The fourth-order valence-electron chi connectivity index (χ4n) is 3.88. The second-order valence-corrected chi connectivity index (χ2v) is 10.6. The van der Waals surface area contributed by atoms with E-state index in [1.54, 1.807) is 36.4 Å². The predicted molar refractivity (Wildman–Crippen MR) is 92.7 cm³/mol. The zero-order chi connectivity index (χ0) is 17.7. The SMILES string of the molecule is O=S(=O)(c1ccccc1)C1C2CCC(O2)C1S(=O)(=O)c1ccccc1. The number of ether oxygens (including phenoxy) is 1. The van der Waals surface area contributed by atoms with Gasteiger partial charge in [-0.2, -0.15) is 0 Å². The minimum absolute atomic E-state index is 0.143.